The summed E-state index contributed by atoms with van der Waals surface area (Å²) in [6.45, 7) is 1.70. The van der Waals surface area contributed by atoms with E-state index in [1.807, 2.05) is 11.0 Å². The molecule has 1 saturated heterocycles. The van der Waals surface area contributed by atoms with Gasteiger partial charge in [-0.1, -0.05) is 18.2 Å². The van der Waals surface area contributed by atoms with E-state index in [4.69, 9.17) is 0 Å². The van der Waals surface area contributed by atoms with Gasteiger partial charge in [-0.05, 0) is 43.0 Å². The van der Waals surface area contributed by atoms with E-state index in [1.165, 1.54) is 0 Å². The maximum absolute atomic E-state index is 12.4. The number of carbonyl (C=O) groups excluding carboxylic acids is 3. The van der Waals surface area contributed by atoms with E-state index in [9.17, 15) is 14.4 Å². The van der Waals surface area contributed by atoms with E-state index in [0.717, 1.165) is 12.8 Å². The Balaban J connectivity index is 1.41. The molecular formula is C20H22N4O3. The molecule has 3 rings (SSSR count). The number of hydrogen-bond acceptors (Lipinski definition) is 4. The summed E-state index contributed by atoms with van der Waals surface area (Å²) in [4.78, 5) is 42.0. The molecule has 0 spiro atoms. The average Bonchev–Trinajstić information content (AvgIpc) is 2.73. The zero-order valence-corrected chi connectivity index (χ0v) is 14.9. The zero-order valence-electron chi connectivity index (χ0n) is 14.9. The minimum absolute atomic E-state index is 0.00197. The van der Waals surface area contributed by atoms with Crippen molar-refractivity contribution in [2.45, 2.75) is 12.8 Å². The number of nitrogens with zero attached hydrogens (tertiary/aromatic N) is 2. The van der Waals surface area contributed by atoms with Crippen LogP contribution < -0.4 is 10.6 Å². The van der Waals surface area contributed by atoms with Crippen LogP contribution in [0.5, 0.6) is 0 Å². The fraction of sp³-hybridized carbons (Fsp3) is 0.300. The minimum atomic E-state index is -0.675. The number of aromatic nitrogens is 1. The SMILES string of the molecule is O=C(NCC1CCN(C(=O)c2ccncc2)CC1)C(=O)Nc1ccccc1. The first kappa shape index (κ1) is 18.6. The molecule has 0 saturated carbocycles. The second kappa shape index (κ2) is 8.93. The standard InChI is InChI=1S/C20H22N4O3/c25-18(19(26)23-17-4-2-1-3-5-17)22-14-15-8-12-24(13-9-15)20(27)16-6-10-21-11-7-16/h1-7,10-11,15H,8-9,12-14H2,(H,22,25)(H,23,26). The van der Waals surface area contributed by atoms with Crippen LogP contribution in [-0.2, 0) is 9.59 Å². The highest BCUT2D eigenvalue weighted by molar-refractivity contribution is 6.39. The molecule has 2 heterocycles. The van der Waals surface area contributed by atoms with Crippen LogP contribution in [0.1, 0.15) is 23.2 Å². The molecular weight excluding hydrogens is 344 g/mol. The molecule has 1 fully saturated rings. The van der Waals surface area contributed by atoms with Gasteiger partial charge >= 0.3 is 11.8 Å². The molecule has 27 heavy (non-hydrogen) atoms. The Morgan fingerprint density at radius 3 is 2.30 bits per heavy atom. The minimum Gasteiger partial charge on any atom is -0.348 e. The summed E-state index contributed by atoms with van der Waals surface area (Å²) in [6.07, 6.45) is 4.79. The third-order valence-electron chi connectivity index (χ3n) is 4.62. The molecule has 0 unspecified atom stereocenters. The lowest BCUT2D eigenvalue weighted by Crippen LogP contribution is -2.43. The van der Waals surface area contributed by atoms with Gasteiger partial charge in [0.1, 0.15) is 0 Å². The van der Waals surface area contributed by atoms with Crippen molar-refractivity contribution < 1.29 is 14.4 Å². The van der Waals surface area contributed by atoms with E-state index in [1.54, 1.807) is 48.8 Å². The van der Waals surface area contributed by atoms with Gasteiger partial charge in [-0.2, -0.15) is 0 Å². The van der Waals surface area contributed by atoms with Crippen LogP contribution in [0.2, 0.25) is 0 Å². The van der Waals surface area contributed by atoms with Crippen molar-refractivity contribution in [2.24, 2.45) is 5.92 Å². The maximum Gasteiger partial charge on any atom is 0.313 e. The van der Waals surface area contributed by atoms with Crippen molar-refractivity contribution in [3.05, 3.63) is 60.4 Å². The van der Waals surface area contributed by atoms with Gasteiger partial charge in [-0.25, -0.2) is 0 Å². The fourth-order valence-electron chi connectivity index (χ4n) is 3.04. The van der Waals surface area contributed by atoms with Gasteiger partial charge in [0.25, 0.3) is 5.91 Å². The van der Waals surface area contributed by atoms with Gasteiger partial charge in [0.05, 0.1) is 0 Å². The molecule has 2 aromatic rings. The molecule has 0 atom stereocenters. The number of amides is 3. The van der Waals surface area contributed by atoms with Crippen LogP contribution in [0.25, 0.3) is 0 Å². The van der Waals surface area contributed by atoms with Crippen LogP contribution in [-0.4, -0.2) is 47.2 Å². The Bertz CT molecular complexity index is 787. The Morgan fingerprint density at radius 2 is 1.63 bits per heavy atom. The van der Waals surface area contributed by atoms with Gasteiger partial charge in [0, 0.05) is 43.3 Å². The van der Waals surface area contributed by atoms with Crippen LogP contribution >= 0.6 is 0 Å². The summed E-state index contributed by atoms with van der Waals surface area (Å²) >= 11 is 0. The van der Waals surface area contributed by atoms with Crippen molar-refractivity contribution in [3.8, 4) is 0 Å². The Morgan fingerprint density at radius 1 is 0.963 bits per heavy atom. The molecule has 3 amide bonds. The Labute approximate surface area is 157 Å². The lowest BCUT2D eigenvalue weighted by atomic mass is 9.96. The topological polar surface area (TPSA) is 91.4 Å². The first-order valence-corrected chi connectivity index (χ1v) is 8.97. The molecule has 7 heteroatoms. The van der Waals surface area contributed by atoms with Crippen LogP contribution in [0.3, 0.4) is 0 Å². The van der Waals surface area contributed by atoms with Gasteiger partial charge in [0.2, 0.25) is 0 Å². The van der Waals surface area contributed by atoms with Crippen LogP contribution in [0, 0.1) is 5.92 Å². The first-order valence-electron chi connectivity index (χ1n) is 8.97. The molecule has 0 aliphatic carbocycles. The molecule has 1 aromatic carbocycles. The van der Waals surface area contributed by atoms with Gasteiger partial charge in [-0.3, -0.25) is 19.4 Å². The average molecular weight is 366 g/mol. The second-order valence-electron chi connectivity index (χ2n) is 6.50. The number of nitrogens with one attached hydrogen (secondary N) is 2. The van der Waals surface area contributed by atoms with Gasteiger partial charge in [0.15, 0.2) is 0 Å². The summed E-state index contributed by atoms with van der Waals surface area (Å²) in [7, 11) is 0. The second-order valence-corrected chi connectivity index (χ2v) is 6.50. The fourth-order valence-corrected chi connectivity index (χ4v) is 3.04. The molecule has 7 nitrogen and oxygen atoms in total. The molecule has 0 radical (unpaired) electrons. The number of pyridine rings is 1. The third kappa shape index (κ3) is 5.13. The smallest absolute Gasteiger partial charge is 0.313 e. The van der Waals surface area contributed by atoms with E-state index < -0.39 is 11.8 Å². The lowest BCUT2D eigenvalue weighted by Gasteiger charge is -2.32. The predicted octanol–water partition coefficient (Wildman–Crippen LogP) is 1.69. The summed E-state index contributed by atoms with van der Waals surface area (Å²) in [5, 5.41) is 5.25. The number of benzene rings is 1. The maximum atomic E-state index is 12.4. The van der Waals surface area contributed by atoms with E-state index in [-0.39, 0.29) is 11.8 Å². The van der Waals surface area contributed by atoms with Crippen molar-refractivity contribution in [2.75, 3.05) is 25.0 Å². The predicted molar refractivity (Wildman–Crippen MR) is 101 cm³/mol. The van der Waals surface area contributed by atoms with Crippen molar-refractivity contribution in [3.63, 3.8) is 0 Å². The van der Waals surface area contributed by atoms with E-state index in [0.29, 0.717) is 30.9 Å². The molecule has 1 aromatic heterocycles. The number of rotatable bonds is 4. The monoisotopic (exact) mass is 366 g/mol. The number of carbonyl (C=O) groups is 3. The van der Waals surface area contributed by atoms with Crippen molar-refractivity contribution in [1.29, 1.82) is 0 Å². The quantitative estimate of drug-likeness (QED) is 0.806. The van der Waals surface area contributed by atoms with Crippen LogP contribution in [0.15, 0.2) is 54.9 Å². The lowest BCUT2D eigenvalue weighted by molar-refractivity contribution is -0.136. The summed E-state index contributed by atoms with van der Waals surface area (Å²) in [5.74, 6) is -1.07. The Hall–Kier alpha value is -3.22. The molecule has 1 aliphatic rings. The zero-order chi connectivity index (χ0) is 19.1. The highest BCUT2D eigenvalue weighted by Crippen LogP contribution is 2.18. The largest absolute Gasteiger partial charge is 0.348 e. The summed E-state index contributed by atoms with van der Waals surface area (Å²) < 4.78 is 0. The summed E-state index contributed by atoms with van der Waals surface area (Å²) in [6, 6.07) is 12.3. The number of hydrogen-bond donors (Lipinski definition) is 2. The van der Waals surface area contributed by atoms with E-state index >= 15 is 0 Å². The van der Waals surface area contributed by atoms with Gasteiger partial charge in [-0.15, -0.1) is 0 Å². The molecule has 140 valence electrons. The normalized spacial score (nSPS) is 14.4. The summed E-state index contributed by atoms with van der Waals surface area (Å²) in [5.41, 5.74) is 1.22. The number of para-hydroxylation sites is 1. The number of piperidine rings is 1. The van der Waals surface area contributed by atoms with Gasteiger partial charge < -0.3 is 15.5 Å². The Kier molecular flexibility index (Phi) is 6.14. The van der Waals surface area contributed by atoms with Crippen molar-refractivity contribution >= 4 is 23.4 Å². The van der Waals surface area contributed by atoms with E-state index in [2.05, 4.69) is 15.6 Å². The number of likely N-dealkylation sites (tertiary alicyclic amines) is 1. The van der Waals surface area contributed by atoms with Crippen molar-refractivity contribution in [1.82, 2.24) is 15.2 Å². The van der Waals surface area contributed by atoms with Crippen LogP contribution in [0.4, 0.5) is 5.69 Å². The number of anilines is 1. The molecule has 1 aliphatic heterocycles. The first-order chi connectivity index (χ1) is 13.1. The third-order valence-corrected chi connectivity index (χ3v) is 4.62. The molecule has 2 N–H and O–H groups in total. The highest BCUT2D eigenvalue weighted by atomic mass is 16.2. The molecule has 0 bridgehead atoms. The highest BCUT2D eigenvalue weighted by Gasteiger charge is 2.24.